The Bertz CT molecular complexity index is 576. The second kappa shape index (κ2) is 12.9. The number of carbonyl (C=O) groups is 1. The van der Waals surface area contributed by atoms with Crippen LogP contribution in [0.5, 0.6) is 0 Å². The second-order valence-corrected chi connectivity index (χ2v) is 4.25. The summed E-state index contributed by atoms with van der Waals surface area (Å²) in [4.78, 5) is 12.3. The molecule has 1 amide bonds. The van der Waals surface area contributed by atoms with Gasteiger partial charge < -0.3 is 16.8 Å². The minimum absolute atomic E-state index is 0. The van der Waals surface area contributed by atoms with Gasteiger partial charge in [0.1, 0.15) is 0 Å². The van der Waals surface area contributed by atoms with Crippen molar-refractivity contribution in [2.24, 2.45) is 11.5 Å². The Morgan fingerprint density at radius 2 is 2.05 bits per heavy atom. The lowest BCUT2D eigenvalue weighted by Gasteiger charge is -2.17. The molecule has 0 aliphatic carbocycles. The normalized spacial score (nSPS) is 19.5. The third-order valence-corrected chi connectivity index (χ3v) is 2.60. The van der Waals surface area contributed by atoms with Crippen LogP contribution in [0.4, 0.5) is 0 Å². The number of unbranched alkanes of at least 4 members (excludes halogenated alkanes) is 1. The molecule has 0 heterocycles. The third kappa shape index (κ3) is 9.69. The van der Waals surface area contributed by atoms with E-state index in [0.29, 0.717) is 19.4 Å². The van der Waals surface area contributed by atoms with Crippen LogP contribution in [-0.2, 0) is 11.2 Å². The molecular weight excluding hydrogens is 309 g/mol. The van der Waals surface area contributed by atoms with E-state index in [1.165, 1.54) is 24.3 Å². The van der Waals surface area contributed by atoms with Crippen LogP contribution in [0.1, 0.15) is 39.9 Å². The van der Waals surface area contributed by atoms with Crippen molar-refractivity contribution < 1.29 is 13.0 Å². The fraction of sp³-hybridized carbons (Fsp3) is 0.533. The molecule has 2 atom stereocenters. The molecule has 0 saturated heterocycles. The van der Waals surface area contributed by atoms with Crippen LogP contribution in [0.2, 0.25) is 0 Å². The molecule has 0 aliphatic rings. The van der Waals surface area contributed by atoms with E-state index in [9.17, 15) is 4.79 Å². The Morgan fingerprint density at radius 3 is 2.62 bits per heavy atom. The van der Waals surface area contributed by atoms with Gasteiger partial charge in [0.2, 0.25) is 5.91 Å². The van der Waals surface area contributed by atoms with Crippen LogP contribution in [-0.4, -0.2) is 24.5 Å². The van der Waals surface area contributed by atoms with Crippen LogP contribution >= 0.6 is 24.8 Å². The number of hydrogen-bond acceptors (Lipinski definition) is 3. The SMILES string of the molecule is Cl.Cl.[2H]C([2H])([2H])C([2H])(NC(=O)[C@@H](N)CCCCN)C([2H])([2H])c1ccccc1. The topological polar surface area (TPSA) is 81.1 Å². The van der Waals surface area contributed by atoms with E-state index in [0.717, 1.165) is 0 Å². The molecule has 21 heavy (non-hydrogen) atoms. The van der Waals surface area contributed by atoms with Crippen LogP contribution in [0.3, 0.4) is 0 Å². The molecular formula is C15H27Cl2N3O. The van der Waals surface area contributed by atoms with Crippen molar-refractivity contribution in [2.45, 2.75) is 44.5 Å². The van der Waals surface area contributed by atoms with E-state index in [1.54, 1.807) is 6.07 Å². The van der Waals surface area contributed by atoms with Gasteiger partial charge in [0.05, 0.1) is 7.41 Å². The smallest absolute Gasteiger partial charge is 0.237 e. The Labute approximate surface area is 148 Å². The predicted molar refractivity (Wildman–Crippen MR) is 93.1 cm³/mol. The summed E-state index contributed by atoms with van der Waals surface area (Å²) in [6, 6.07) is 3.55. The fourth-order valence-electron chi connectivity index (χ4n) is 1.55. The number of benzene rings is 1. The van der Waals surface area contributed by atoms with Crippen molar-refractivity contribution in [3.8, 4) is 0 Å². The first-order chi connectivity index (χ1) is 11.5. The van der Waals surface area contributed by atoms with E-state index in [-0.39, 0.29) is 36.8 Å². The molecule has 1 rings (SSSR count). The molecule has 0 fully saturated rings. The van der Waals surface area contributed by atoms with Gasteiger partial charge in [0.15, 0.2) is 0 Å². The summed E-state index contributed by atoms with van der Waals surface area (Å²) in [6.45, 7) is -2.67. The molecule has 0 aliphatic heterocycles. The predicted octanol–water partition coefficient (Wildman–Crippen LogP) is 2.03. The molecule has 1 unspecified atom stereocenters. The molecule has 4 nitrogen and oxygen atoms in total. The number of amides is 1. The van der Waals surface area contributed by atoms with Gasteiger partial charge in [0, 0.05) is 12.9 Å². The number of rotatable bonds is 8. The first-order valence-electron chi connectivity index (χ1n) is 9.30. The van der Waals surface area contributed by atoms with Gasteiger partial charge in [0.25, 0.3) is 0 Å². The quantitative estimate of drug-likeness (QED) is 0.633. The largest absolute Gasteiger partial charge is 0.352 e. The minimum Gasteiger partial charge on any atom is -0.352 e. The van der Waals surface area contributed by atoms with E-state index < -0.39 is 31.2 Å². The first-order valence-corrected chi connectivity index (χ1v) is 6.30. The van der Waals surface area contributed by atoms with Gasteiger partial charge >= 0.3 is 0 Å². The number of nitrogens with two attached hydrogens (primary N) is 2. The van der Waals surface area contributed by atoms with Crippen molar-refractivity contribution in [1.29, 1.82) is 0 Å². The molecule has 122 valence electrons. The molecule has 0 bridgehead atoms. The lowest BCUT2D eigenvalue weighted by Crippen LogP contribution is -2.45. The average molecular weight is 342 g/mol. The van der Waals surface area contributed by atoms with Gasteiger partial charge in [-0.05, 0) is 38.2 Å². The van der Waals surface area contributed by atoms with Gasteiger partial charge in [-0.1, -0.05) is 36.8 Å². The summed E-state index contributed by atoms with van der Waals surface area (Å²) >= 11 is 0. The summed E-state index contributed by atoms with van der Waals surface area (Å²) in [5.41, 5.74) is 11.1. The highest BCUT2D eigenvalue weighted by atomic mass is 35.5. The Kier molecular flexibility index (Phi) is 7.80. The zero-order valence-corrected chi connectivity index (χ0v) is 13.3. The molecule has 0 saturated carbocycles. The lowest BCUT2D eigenvalue weighted by atomic mass is 10.1. The van der Waals surface area contributed by atoms with E-state index in [1.807, 2.05) is 5.32 Å². The maximum absolute atomic E-state index is 12.3. The first kappa shape index (κ1) is 12.7. The van der Waals surface area contributed by atoms with Gasteiger partial charge in [-0.2, -0.15) is 0 Å². The maximum Gasteiger partial charge on any atom is 0.237 e. The number of halogens is 2. The molecule has 1 aromatic carbocycles. The second-order valence-electron chi connectivity index (χ2n) is 4.25. The summed E-state index contributed by atoms with van der Waals surface area (Å²) in [5.74, 6) is -0.872. The highest BCUT2D eigenvalue weighted by Crippen LogP contribution is 2.04. The number of carbonyl (C=O) groups excluding carboxylic acids is 1. The summed E-state index contributed by atoms with van der Waals surface area (Å²) in [6.07, 6.45) is -1.15. The molecule has 6 heteroatoms. The Morgan fingerprint density at radius 1 is 1.38 bits per heavy atom. The molecule has 0 radical (unpaired) electrons. The van der Waals surface area contributed by atoms with Crippen molar-refractivity contribution in [3.05, 3.63) is 35.9 Å². The van der Waals surface area contributed by atoms with Crippen molar-refractivity contribution >= 4 is 30.7 Å². The molecule has 5 N–H and O–H groups in total. The van der Waals surface area contributed by atoms with Crippen LogP contribution < -0.4 is 16.8 Å². The lowest BCUT2D eigenvalue weighted by molar-refractivity contribution is -0.123. The van der Waals surface area contributed by atoms with Gasteiger partial charge in [-0.3, -0.25) is 4.79 Å². The van der Waals surface area contributed by atoms with Gasteiger partial charge in [-0.15, -0.1) is 24.8 Å². The molecule has 1 aromatic rings. The summed E-state index contributed by atoms with van der Waals surface area (Å²) in [7, 11) is 0. The minimum atomic E-state index is -3.11. The van der Waals surface area contributed by atoms with Crippen LogP contribution in [0.25, 0.3) is 0 Å². The zero-order valence-electron chi connectivity index (χ0n) is 17.7. The highest BCUT2D eigenvalue weighted by molar-refractivity contribution is 5.85. The van der Waals surface area contributed by atoms with Crippen molar-refractivity contribution in [2.75, 3.05) is 6.54 Å². The van der Waals surface area contributed by atoms with Crippen molar-refractivity contribution in [3.63, 3.8) is 0 Å². The van der Waals surface area contributed by atoms with Crippen molar-refractivity contribution in [1.82, 2.24) is 5.32 Å². The van der Waals surface area contributed by atoms with E-state index in [4.69, 9.17) is 19.7 Å². The highest BCUT2D eigenvalue weighted by Gasteiger charge is 2.15. The standard InChI is InChI=1S/C15H25N3O.2ClH/c1-12(11-13-7-3-2-4-8-13)18-15(19)14(17)9-5-6-10-16;;/h2-4,7-8,12,14H,5-6,9-11,16-17H2,1H3,(H,18,19);2*1H/t12?,14-;;/m0../s1/i1D3,11D2,12D;;. The zero-order chi connectivity index (χ0) is 19.3. The van der Waals surface area contributed by atoms with Crippen LogP contribution in [0.15, 0.2) is 30.3 Å². The average Bonchev–Trinajstić information content (AvgIpc) is 2.54. The number of nitrogens with one attached hydrogen (secondary N) is 1. The summed E-state index contributed by atoms with van der Waals surface area (Å²) in [5, 5.41) is 2.03. The maximum atomic E-state index is 12.3. The van der Waals surface area contributed by atoms with E-state index in [2.05, 4.69) is 0 Å². The Balaban J connectivity index is 0. The molecule has 0 spiro atoms. The van der Waals surface area contributed by atoms with Gasteiger partial charge in [-0.25, -0.2) is 0 Å². The van der Waals surface area contributed by atoms with E-state index >= 15 is 0 Å². The molecule has 0 aromatic heterocycles. The summed E-state index contributed by atoms with van der Waals surface area (Å²) < 4.78 is 47.6. The number of hydrogen-bond donors (Lipinski definition) is 3. The Hall–Kier alpha value is -0.810. The third-order valence-electron chi connectivity index (χ3n) is 2.60. The van der Waals surface area contributed by atoms with Crippen LogP contribution in [0, 0.1) is 0 Å². The monoisotopic (exact) mass is 341 g/mol. The fourth-order valence-corrected chi connectivity index (χ4v) is 1.55.